The van der Waals surface area contributed by atoms with Gasteiger partial charge in [-0.3, -0.25) is 19.1 Å². The molecule has 2 aliphatic rings. The van der Waals surface area contributed by atoms with Crippen LogP contribution in [0, 0.1) is 18.6 Å². The number of likely N-dealkylation sites (tertiary alicyclic amines) is 1. The number of aromatic nitrogens is 4. The zero-order valence-electron chi connectivity index (χ0n) is 28.4. The summed E-state index contributed by atoms with van der Waals surface area (Å²) in [7, 11) is 3.09. The lowest BCUT2D eigenvalue weighted by molar-refractivity contribution is -0.123. The lowest BCUT2D eigenvalue weighted by Gasteiger charge is -2.33. The van der Waals surface area contributed by atoms with Crippen molar-refractivity contribution in [1.82, 2.24) is 34.9 Å². The quantitative estimate of drug-likeness (QED) is 0.194. The predicted molar refractivity (Wildman–Crippen MR) is 185 cm³/mol. The Morgan fingerprint density at radius 3 is 2.51 bits per heavy atom. The van der Waals surface area contributed by atoms with Crippen molar-refractivity contribution in [1.29, 1.82) is 0 Å². The van der Waals surface area contributed by atoms with Crippen LogP contribution in [0.4, 0.5) is 14.5 Å². The summed E-state index contributed by atoms with van der Waals surface area (Å²) in [5.41, 5.74) is 1.74. The Kier molecular flexibility index (Phi) is 10.8. The maximum absolute atomic E-state index is 15.5. The molecule has 2 saturated heterocycles. The summed E-state index contributed by atoms with van der Waals surface area (Å²) < 4.78 is 39.0. The Morgan fingerprint density at radius 2 is 1.82 bits per heavy atom. The number of aliphatic hydroxyl groups is 1. The van der Waals surface area contributed by atoms with Crippen LogP contribution in [0.1, 0.15) is 45.9 Å². The Balaban J connectivity index is 1.08. The van der Waals surface area contributed by atoms with Gasteiger partial charge in [0, 0.05) is 68.4 Å². The maximum Gasteiger partial charge on any atom is 0.291 e. The number of imidazole rings is 1. The van der Waals surface area contributed by atoms with Gasteiger partial charge in [0.1, 0.15) is 0 Å². The number of carbonyl (C=O) groups is 3. The molecule has 0 unspecified atom stereocenters. The van der Waals surface area contributed by atoms with Gasteiger partial charge >= 0.3 is 0 Å². The number of hydrogen-bond donors (Lipinski definition) is 4. The molecule has 0 saturated carbocycles. The van der Waals surface area contributed by atoms with Crippen molar-refractivity contribution in [2.75, 3.05) is 38.7 Å². The Bertz CT molecular complexity index is 1960. The van der Waals surface area contributed by atoms with Crippen molar-refractivity contribution >= 4 is 35.0 Å². The third kappa shape index (κ3) is 7.66. The third-order valence-corrected chi connectivity index (χ3v) is 9.63. The van der Waals surface area contributed by atoms with Crippen LogP contribution in [0.3, 0.4) is 0 Å². The predicted octanol–water partition coefficient (Wildman–Crippen LogP) is 3.53. The van der Waals surface area contributed by atoms with E-state index in [1.54, 1.807) is 35.9 Å². The molecule has 16 heteroatoms. The van der Waals surface area contributed by atoms with E-state index in [0.29, 0.717) is 69.0 Å². The van der Waals surface area contributed by atoms with E-state index in [9.17, 15) is 19.5 Å². The number of rotatable bonds is 10. The molecule has 2 aliphatic heterocycles. The number of methoxy groups -OCH3 is 1. The fourth-order valence-electron chi connectivity index (χ4n) is 6.48. The van der Waals surface area contributed by atoms with Crippen molar-refractivity contribution in [3.05, 3.63) is 76.5 Å². The number of amides is 3. The molecule has 270 valence electrons. The van der Waals surface area contributed by atoms with E-state index in [0.717, 1.165) is 0 Å². The van der Waals surface area contributed by atoms with E-state index < -0.39 is 29.7 Å². The van der Waals surface area contributed by atoms with Gasteiger partial charge in [0.2, 0.25) is 5.91 Å². The van der Waals surface area contributed by atoms with Gasteiger partial charge < -0.3 is 35.3 Å². The number of aliphatic hydroxyl groups excluding tert-OH is 1. The molecule has 2 aromatic carbocycles. The minimum atomic E-state index is -1.09. The molecular formula is C35H39ClF2N8O5. The van der Waals surface area contributed by atoms with E-state index >= 15 is 8.78 Å². The number of anilines is 1. The fraction of sp³-hybridized carbons (Fsp3) is 0.400. The second-order valence-electron chi connectivity index (χ2n) is 12.8. The fourth-order valence-corrected chi connectivity index (χ4v) is 6.74. The van der Waals surface area contributed by atoms with Crippen molar-refractivity contribution < 1.29 is 33.0 Å². The van der Waals surface area contributed by atoms with Crippen LogP contribution in [0.2, 0.25) is 5.02 Å². The number of nitrogens with one attached hydrogen (secondary N) is 3. The standard InChI is InChI=1S/C35H39ClF2N8O5/c1-19-26(18-46(43-19)12-13-51-3)23-6-7-25(31(38)30(23)37)29-17-40-32(44(29)2)34(49)42-21-4-5-24(27(36)14-21)35(50)45-10-8-20(9-11-45)41-33(48)28-15-22(47)16-39-28/h4-7,14,17-18,20,22,28,39,47H,8-13,15-16H2,1-3H3,(H,41,48)(H,42,49)/t22-,28+/m1/s1. The van der Waals surface area contributed by atoms with Crippen molar-refractivity contribution in [3.8, 4) is 22.4 Å². The first kappa shape index (κ1) is 36.1. The van der Waals surface area contributed by atoms with Crippen LogP contribution in [0.5, 0.6) is 0 Å². The summed E-state index contributed by atoms with van der Waals surface area (Å²) in [6.45, 7) is 3.83. The summed E-state index contributed by atoms with van der Waals surface area (Å²) in [5, 5.41) is 22.9. The van der Waals surface area contributed by atoms with Crippen molar-refractivity contribution in [2.45, 2.75) is 50.9 Å². The van der Waals surface area contributed by atoms with Gasteiger partial charge in [-0.1, -0.05) is 17.7 Å². The van der Waals surface area contributed by atoms with Crippen LogP contribution in [-0.2, 0) is 23.1 Å². The molecule has 0 spiro atoms. The molecule has 4 heterocycles. The van der Waals surface area contributed by atoms with Crippen molar-refractivity contribution in [2.24, 2.45) is 7.05 Å². The number of ether oxygens (including phenoxy) is 1. The molecule has 4 aromatic rings. The Morgan fingerprint density at radius 1 is 1.10 bits per heavy atom. The first-order valence-corrected chi connectivity index (χ1v) is 17.0. The minimum Gasteiger partial charge on any atom is -0.392 e. The van der Waals surface area contributed by atoms with E-state index in [2.05, 4.69) is 26.0 Å². The monoisotopic (exact) mass is 724 g/mol. The molecule has 51 heavy (non-hydrogen) atoms. The van der Waals surface area contributed by atoms with Crippen LogP contribution >= 0.6 is 11.6 Å². The Labute approximate surface area is 297 Å². The van der Waals surface area contributed by atoms with Gasteiger partial charge in [0.25, 0.3) is 11.8 Å². The Hall–Kier alpha value is -4.70. The topological polar surface area (TPSA) is 156 Å². The molecular weight excluding hydrogens is 686 g/mol. The van der Waals surface area contributed by atoms with E-state index in [1.165, 1.54) is 42.1 Å². The van der Waals surface area contributed by atoms with E-state index in [1.807, 2.05) is 0 Å². The molecule has 0 bridgehead atoms. The summed E-state index contributed by atoms with van der Waals surface area (Å²) in [4.78, 5) is 44.8. The molecule has 13 nitrogen and oxygen atoms in total. The average Bonchev–Trinajstić information content (AvgIpc) is 3.83. The highest BCUT2D eigenvalue weighted by Crippen LogP contribution is 2.33. The highest BCUT2D eigenvalue weighted by atomic mass is 35.5. The minimum absolute atomic E-state index is 0.0591. The third-order valence-electron chi connectivity index (χ3n) is 9.32. The zero-order chi connectivity index (χ0) is 36.4. The number of nitrogens with zero attached hydrogens (tertiary/aromatic N) is 5. The largest absolute Gasteiger partial charge is 0.392 e. The number of β-amino-alcohol motifs (C(OH)–C–C–N with tert-alkyl or cyclic N) is 1. The second-order valence-corrected chi connectivity index (χ2v) is 13.2. The first-order valence-electron chi connectivity index (χ1n) is 16.6. The molecule has 2 aromatic heterocycles. The first-order chi connectivity index (χ1) is 24.4. The number of hydrogen-bond acceptors (Lipinski definition) is 8. The second kappa shape index (κ2) is 15.3. The summed E-state index contributed by atoms with van der Waals surface area (Å²) >= 11 is 6.50. The highest BCUT2D eigenvalue weighted by molar-refractivity contribution is 6.34. The molecule has 0 aliphatic carbocycles. The number of piperidine rings is 1. The van der Waals surface area contributed by atoms with E-state index in [-0.39, 0.29) is 51.1 Å². The molecule has 4 N–H and O–H groups in total. The SMILES string of the molecule is COCCn1cc(-c2ccc(-c3cnc(C(=O)Nc4ccc(C(=O)N5CCC(NC(=O)[C@@H]6C[C@@H](O)CN6)CC5)c(Cl)c4)n3C)c(F)c2F)c(C)n1. The number of benzene rings is 2. The van der Waals surface area contributed by atoms with Gasteiger partial charge in [-0.2, -0.15) is 5.10 Å². The molecule has 3 amide bonds. The maximum atomic E-state index is 15.5. The van der Waals surface area contributed by atoms with Crippen molar-refractivity contribution in [3.63, 3.8) is 0 Å². The number of carbonyl (C=O) groups excluding carboxylic acids is 3. The molecule has 2 fully saturated rings. The van der Waals surface area contributed by atoms with Gasteiger partial charge in [0.15, 0.2) is 17.5 Å². The van der Waals surface area contributed by atoms with Crippen LogP contribution in [0.15, 0.2) is 42.7 Å². The van der Waals surface area contributed by atoms with Gasteiger partial charge in [-0.15, -0.1) is 0 Å². The summed E-state index contributed by atoms with van der Waals surface area (Å²) in [6.07, 6.45) is 3.93. The molecule has 2 atom stereocenters. The molecule has 6 rings (SSSR count). The lowest BCUT2D eigenvalue weighted by atomic mass is 10.0. The van der Waals surface area contributed by atoms with Crippen LogP contribution in [-0.4, -0.2) is 98.6 Å². The smallest absolute Gasteiger partial charge is 0.291 e. The van der Waals surface area contributed by atoms with E-state index in [4.69, 9.17) is 16.3 Å². The van der Waals surface area contributed by atoms with Crippen LogP contribution < -0.4 is 16.0 Å². The highest BCUT2D eigenvalue weighted by Gasteiger charge is 2.31. The van der Waals surface area contributed by atoms with Gasteiger partial charge in [-0.25, -0.2) is 13.8 Å². The number of halogens is 3. The van der Waals surface area contributed by atoms with Crippen LogP contribution in [0.25, 0.3) is 22.4 Å². The zero-order valence-corrected chi connectivity index (χ0v) is 29.1. The van der Waals surface area contributed by atoms with Gasteiger partial charge in [-0.05, 0) is 50.5 Å². The lowest BCUT2D eigenvalue weighted by Crippen LogP contribution is -2.50. The molecule has 0 radical (unpaired) electrons. The summed E-state index contributed by atoms with van der Waals surface area (Å²) in [5.74, 6) is -3.24. The number of aryl methyl sites for hydroxylation is 1. The average molecular weight is 725 g/mol. The normalized spacial score (nSPS) is 17.9. The van der Waals surface area contributed by atoms with Gasteiger partial charge in [0.05, 0.1) is 53.5 Å². The summed E-state index contributed by atoms with van der Waals surface area (Å²) in [6, 6.07) is 6.94.